The highest BCUT2D eigenvalue weighted by Crippen LogP contribution is 2.40. The van der Waals surface area contributed by atoms with Crippen LogP contribution < -0.4 is 21.5 Å². The Bertz CT molecular complexity index is 1400. The molecule has 10 nitrogen and oxygen atoms in total. The third-order valence-corrected chi connectivity index (χ3v) is 5.57. The lowest BCUT2D eigenvalue weighted by atomic mass is 9.85. The fourth-order valence-electron chi connectivity index (χ4n) is 3.57. The Hall–Kier alpha value is -3.42. The van der Waals surface area contributed by atoms with E-state index in [1.807, 2.05) is 11.9 Å². The highest BCUT2D eigenvalue weighted by Gasteiger charge is 2.25. The molecule has 1 aliphatic carbocycles. The second-order valence-electron chi connectivity index (χ2n) is 7.02. The van der Waals surface area contributed by atoms with Gasteiger partial charge in [0.2, 0.25) is 11.6 Å². The third kappa shape index (κ3) is 3.73. The highest BCUT2D eigenvalue weighted by molar-refractivity contribution is 6.37. The lowest BCUT2D eigenvalue weighted by Crippen LogP contribution is -2.33. The maximum absolute atomic E-state index is 12.2. The summed E-state index contributed by atoms with van der Waals surface area (Å²) in [6, 6.07) is 4.29. The van der Waals surface area contributed by atoms with E-state index in [-0.39, 0.29) is 38.8 Å². The number of rotatable bonds is 3. The minimum absolute atomic E-state index is 0.0338. The van der Waals surface area contributed by atoms with Crippen LogP contribution in [0.3, 0.4) is 0 Å². The highest BCUT2D eigenvalue weighted by atomic mass is 35.5. The monoisotopic (exact) mass is 460 g/mol. The van der Waals surface area contributed by atoms with Gasteiger partial charge < -0.3 is 4.74 Å². The van der Waals surface area contributed by atoms with Crippen LogP contribution in [0.25, 0.3) is 5.69 Å². The molecule has 0 unspecified atom stereocenters. The quantitative estimate of drug-likeness (QED) is 0.609. The number of benzene rings is 1. The molecule has 31 heavy (non-hydrogen) atoms. The van der Waals surface area contributed by atoms with E-state index >= 15 is 0 Å². The molecule has 1 aromatic carbocycles. The molecule has 0 saturated heterocycles. The number of nitrogens with one attached hydrogen (secondary N) is 2. The molecule has 12 heteroatoms. The lowest BCUT2D eigenvalue weighted by Gasteiger charge is -2.22. The maximum Gasteiger partial charge on any atom is 0.349 e. The SMILES string of the molecule is C[C@H]1CCCc2c(Oc3c(Cl)cc(-n4nc(C#N)c(=O)[nH]c4=O)cc3Cl)n[nH]c(=O)c21. The van der Waals surface area contributed by atoms with Crippen molar-refractivity contribution in [2.24, 2.45) is 0 Å². The van der Waals surface area contributed by atoms with Crippen molar-refractivity contribution in [3.63, 3.8) is 0 Å². The van der Waals surface area contributed by atoms with Crippen molar-refractivity contribution < 1.29 is 4.74 Å². The average Bonchev–Trinajstić information content (AvgIpc) is 2.72. The molecular formula is C19H14Cl2N6O4. The first-order chi connectivity index (χ1) is 14.8. The molecule has 1 aliphatic rings. The largest absolute Gasteiger partial charge is 0.434 e. The summed E-state index contributed by atoms with van der Waals surface area (Å²) in [5.41, 5.74) is -1.06. The van der Waals surface area contributed by atoms with Crippen LogP contribution in [0.5, 0.6) is 11.6 Å². The molecule has 1 atom stereocenters. The minimum atomic E-state index is -0.899. The summed E-state index contributed by atoms with van der Waals surface area (Å²) in [6.07, 6.45) is 2.41. The minimum Gasteiger partial charge on any atom is -0.434 e. The predicted molar refractivity (Wildman–Crippen MR) is 111 cm³/mol. The van der Waals surface area contributed by atoms with Gasteiger partial charge in [0.15, 0.2) is 5.75 Å². The number of aromatic nitrogens is 5. The molecule has 0 spiro atoms. The van der Waals surface area contributed by atoms with Crippen molar-refractivity contribution in [1.82, 2.24) is 25.0 Å². The van der Waals surface area contributed by atoms with Crippen molar-refractivity contribution in [3.8, 4) is 23.4 Å². The van der Waals surface area contributed by atoms with Gasteiger partial charge in [-0.05, 0) is 37.3 Å². The van der Waals surface area contributed by atoms with Gasteiger partial charge in [-0.15, -0.1) is 10.2 Å². The Kier molecular flexibility index (Phi) is 5.39. The fraction of sp³-hybridized carbons (Fsp3) is 0.263. The van der Waals surface area contributed by atoms with E-state index in [9.17, 15) is 14.4 Å². The Balaban J connectivity index is 1.78. The van der Waals surface area contributed by atoms with Crippen molar-refractivity contribution in [1.29, 1.82) is 5.26 Å². The van der Waals surface area contributed by atoms with Crippen LogP contribution in [-0.4, -0.2) is 25.0 Å². The van der Waals surface area contributed by atoms with Gasteiger partial charge in [-0.1, -0.05) is 30.1 Å². The summed E-state index contributed by atoms with van der Waals surface area (Å²) >= 11 is 12.7. The molecule has 2 aromatic heterocycles. The first-order valence-electron chi connectivity index (χ1n) is 9.22. The van der Waals surface area contributed by atoms with Gasteiger partial charge in [0.25, 0.3) is 11.1 Å². The van der Waals surface area contributed by atoms with Gasteiger partial charge in [0.1, 0.15) is 6.07 Å². The molecule has 0 aliphatic heterocycles. The summed E-state index contributed by atoms with van der Waals surface area (Å²) < 4.78 is 6.66. The van der Waals surface area contributed by atoms with Crippen LogP contribution in [0.2, 0.25) is 10.0 Å². The molecule has 0 amide bonds. The first-order valence-corrected chi connectivity index (χ1v) is 9.98. The number of ether oxygens (including phenoxy) is 1. The molecule has 0 fully saturated rings. The molecule has 2 heterocycles. The Morgan fingerprint density at radius 2 is 1.94 bits per heavy atom. The molecule has 0 saturated carbocycles. The van der Waals surface area contributed by atoms with Crippen LogP contribution in [0.4, 0.5) is 0 Å². The topological polar surface area (TPSA) is 147 Å². The molecular weight excluding hydrogens is 447 g/mol. The number of hydrogen-bond donors (Lipinski definition) is 2. The Morgan fingerprint density at radius 3 is 2.61 bits per heavy atom. The van der Waals surface area contributed by atoms with E-state index in [0.717, 1.165) is 17.5 Å². The van der Waals surface area contributed by atoms with Crippen LogP contribution in [0, 0.1) is 11.3 Å². The summed E-state index contributed by atoms with van der Waals surface area (Å²) in [4.78, 5) is 37.9. The molecule has 2 N–H and O–H groups in total. The summed E-state index contributed by atoms with van der Waals surface area (Å²) in [6.45, 7) is 1.97. The van der Waals surface area contributed by atoms with Crippen LogP contribution >= 0.6 is 23.2 Å². The van der Waals surface area contributed by atoms with Crippen molar-refractivity contribution in [2.75, 3.05) is 0 Å². The molecule has 0 bridgehead atoms. The summed E-state index contributed by atoms with van der Waals surface area (Å²) in [5.74, 6) is 0.340. The Labute approximate surface area is 184 Å². The van der Waals surface area contributed by atoms with E-state index in [1.54, 1.807) is 6.07 Å². The first kappa shape index (κ1) is 20.8. The van der Waals surface area contributed by atoms with Gasteiger partial charge in [-0.3, -0.25) is 14.6 Å². The molecule has 0 radical (unpaired) electrons. The third-order valence-electron chi connectivity index (χ3n) is 5.00. The number of hydrogen-bond acceptors (Lipinski definition) is 7. The maximum atomic E-state index is 12.2. The molecule has 4 rings (SSSR count). The number of nitrogens with zero attached hydrogens (tertiary/aromatic N) is 4. The van der Waals surface area contributed by atoms with Gasteiger partial charge in [-0.2, -0.15) is 9.94 Å². The fourth-order valence-corrected chi connectivity index (χ4v) is 4.12. The predicted octanol–water partition coefficient (Wildman–Crippen LogP) is 2.41. The van der Waals surface area contributed by atoms with Gasteiger partial charge in [0.05, 0.1) is 15.7 Å². The number of halogens is 2. The van der Waals surface area contributed by atoms with Crippen LogP contribution in [-0.2, 0) is 6.42 Å². The second kappa shape index (κ2) is 8.02. The van der Waals surface area contributed by atoms with Crippen LogP contribution in [0.15, 0.2) is 26.5 Å². The summed E-state index contributed by atoms with van der Waals surface area (Å²) in [7, 11) is 0. The Morgan fingerprint density at radius 1 is 1.23 bits per heavy atom. The molecule has 158 valence electrons. The van der Waals surface area contributed by atoms with Gasteiger partial charge in [-0.25, -0.2) is 9.89 Å². The van der Waals surface area contributed by atoms with E-state index in [0.29, 0.717) is 17.5 Å². The number of nitriles is 1. The normalized spacial score (nSPS) is 15.2. The van der Waals surface area contributed by atoms with Crippen molar-refractivity contribution >= 4 is 23.2 Å². The van der Waals surface area contributed by atoms with E-state index < -0.39 is 16.9 Å². The smallest absolute Gasteiger partial charge is 0.349 e. The number of aromatic amines is 2. The zero-order valence-corrected chi connectivity index (χ0v) is 17.5. The number of fused-ring (bicyclic) bond motifs is 1. The van der Waals surface area contributed by atoms with Gasteiger partial charge >= 0.3 is 5.69 Å². The lowest BCUT2D eigenvalue weighted by molar-refractivity contribution is 0.435. The molecule has 3 aromatic rings. The van der Waals surface area contributed by atoms with Gasteiger partial charge in [0, 0.05) is 11.1 Å². The van der Waals surface area contributed by atoms with Crippen LogP contribution in [0.1, 0.15) is 42.5 Å². The van der Waals surface area contributed by atoms with E-state index in [1.165, 1.54) is 12.1 Å². The van der Waals surface area contributed by atoms with E-state index in [4.69, 9.17) is 33.2 Å². The van der Waals surface area contributed by atoms with Crippen molar-refractivity contribution in [2.45, 2.75) is 32.1 Å². The van der Waals surface area contributed by atoms with Crippen molar-refractivity contribution in [3.05, 3.63) is 70.2 Å². The summed E-state index contributed by atoms with van der Waals surface area (Å²) in [5, 5.41) is 19.2. The van der Waals surface area contributed by atoms with E-state index in [2.05, 4.69) is 15.3 Å². The second-order valence-corrected chi connectivity index (χ2v) is 7.83. The number of H-pyrrole nitrogens is 2. The average molecular weight is 461 g/mol. The zero-order chi connectivity index (χ0) is 22.3. The standard InChI is InChI=1S/C19H14Cl2N6O4/c1-8-3-2-4-10-14(8)17(29)24-25-18(10)31-15-11(20)5-9(6-12(15)21)27-19(30)23-16(28)13(7-22)26-27/h5-6,8H,2-4H2,1H3,(H,24,29)(H,23,28,30)/t8-/m0/s1. The zero-order valence-electron chi connectivity index (χ0n) is 16.0.